The van der Waals surface area contributed by atoms with Gasteiger partial charge in [0.2, 0.25) is 5.95 Å². The van der Waals surface area contributed by atoms with E-state index in [1.165, 1.54) is 23.8 Å². The van der Waals surface area contributed by atoms with E-state index in [9.17, 15) is 4.79 Å². The molecule has 0 aliphatic heterocycles. The van der Waals surface area contributed by atoms with Crippen molar-refractivity contribution in [2.45, 2.75) is 52.1 Å². The number of rotatable bonds is 2. The molecule has 0 unspecified atom stereocenters. The number of hydrogen-bond acceptors (Lipinski definition) is 6. The summed E-state index contributed by atoms with van der Waals surface area (Å²) in [6, 6.07) is 6.07. The van der Waals surface area contributed by atoms with Gasteiger partial charge in [-0.15, -0.1) is 0 Å². The molecule has 3 heterocycles. The van der Waals surface area contributed by atoms with Gasteiger partial charge in [0.05, 0.1) is 17.8 Å². The van der Waals surface area contributed by atoms with Crippen LogP contribution in [0.1, 0.15) is 43.2 Å². The van der Waals surface area contributed by atoms with E-state index < -0.39 is 0 Å². The molecule has 31 heavy (non-hydrogen) atoms. The molecule has 0 atom stereocenters. The third kappa shape index (κ3) is 4.59. The normalized spacial score (nSPS) is 14.5. The molecule has 1 saturated carbocycles. The summed E-state index contributed by atoms with van der Waals surface area (Å²) in [7, 11) is 1.68. The number of aliphatic hydroxyl groups excluding tert-OH is 1. The zero-order chi connectivity index (χ0) is 22.0. The first kappa shape index (κ1) is 21.0. The second-order valence-electron chi connectivity index (χ2n) is 8.15. The number of H-pyrrole nitrogens is 1. The molecule has 8 heteroatoms. The van der Waals surface area contributed by atoms with E-state index in [0.29, 0.717) is 17.1 Å². The number of nitrogens with zero attached hydrogens (tertiary/aromatic N) is 4. The predicted molar refractivity (Wildman–Crippen MR) is 123 cm³/mol. The van der Waals surface area contributed by atoms with Gasteiger partial charge in [0.1, 0.15) is 5.52 Å². The van der Waals surface area contributed by atoms with Crippen LogP contribution in [0.3, 0.4) is 0 Å². The highest BCUT2D eigenvalue weighted by Crippen LogP contribution is 2.26. The van der Waals surface area contributed by atoms with Gasteiger partial charge in [0, 0.05) is 24.3 Å². The lowest BCUT2D eigenvalue weighted by Crippen LogP contribution is -2.11. The summed E-state index contributed by atoms with van der Waals surface area (Å²) in [5, 5.41) is 13.2. The summed E-state index contributed by atoms with van der Waals surface area (Å²) >= 11 is 0. The van der Waals surface area contributed by atoms with Gasteiger partial charge in [-0.2, -0.15) is 4.98 Å². The van der Waals surface area contributed by atoms with E-state index in [2.05, 4.69) is 32.2 Å². The molecule has 3 N–H and O–H groups in total. The molecule has 0 amide bonds. The van der Waals surface area contributed by atoms with Crippen molar-refractivity contribution in [3.63, 3.8) is 0 Å². The quantitative estimate of drug-likeness (QED) is 0.454. The number of hydrogen-bond donors (Lipinski definition) is 3. The molecule has 8 nitrogen and oxygen atoms in total. The Morgan fingerprint density at radius 2 is 1.90 bits per heavy atom. The van der Waals surface area contributed by atoms with Crippen LogP contribution in [0, 0.1) is 13.8 Å². The van der Waals surface area contributed by atoms with Crippen molar-refractivity contribution in [1.29, 1.82) is 0 Å². The first-order valence-corrected chi connectivity index (χ1v) is 10.6. The number of nitrogens with one attached hydrogen (secondary N) is 2. The van der Waals surface area contributed by atoms with Crippen molar-refractivity contribution >= 4 is 33.7 Å². The number of benzene rings is 1. The number of imidazole rings is 1. The number of anilines is 2. The summed E-state index contributed by atoms with van der Waals surface area (Å²) in [6.07, 6.45) is 9.37. The van der Waals surface area contributed by atoms with Crippen LogP contribution < -0.4 is 11.0 Å². The summed E-state index contributed by atoms with van der Waals surface area (Å²) in [4.78, 5) is 27.5. The van der Waals surface area contributed by atoms with Crippen molar-refractivity contribution in [1.82, 2.24) is 24.5 Å². The lowest BCUT2D eigenvalue weighted by atomic mass is 9.98. The fourth-order valence-corrected chi connectivity index (χ4v) is 3.84. The third-order valence-electron chi connectivity index (χ3n) is 5.79. The molecule has 1 aliphatic carbocycles. The molecule has 0 radical (unpaired) electrons. The zero-order valence-corrected chi connectivity index (χ0v) is 18.1. The smallest absolute Gasteiger partial charge is 0.327 e. The fourth-order valence-electron chi connectivity index (χ4n) is 3.84. The highest BCUT2D eigenvalue weighted by molar-refractivity contribution is 5.87. The number of fused-ring (bicyclic) bond motifs is 2. The molecule has 1 aliphatic rings. The van der Waals surface area contributed by atoms with Gasteiger partial charge in [-0.05, 0) is 56.0 Å². The van der Waals surface area contributed by atoms with Crippen LogP contribution in [0.15, 0.2) is 35.4 Å². The second-order valence-corrected chi connectivity index (χ2v) is 8.15. The summed E-state index contributed by atoms with van der Waals surface area (Å²) < 4.78 is 1.48. The Morgan fingerprint density at radius 3 is 2.61 bits per heavy atom. The van der Waals surface area contributed by atoms with E-state index in [4.69, 9.17) is 5.11 Å². The highest BCUT2D eigenvalue weighted by Gasteiger charge is 2.10. The van der Waals surface area contributed by atoms with Crippen molar-refractivity contribution in [3.8, 4) is 0 Å². The monoisotopic (exact) mass is 420 g/mol. The highest BCUT2D eigenvalue weighted by atomic mass is 16.3. The van der Waals surface area contributed by atoms with E-state index in [1.807, 2.05) is 31.3 Å². The molecule has 162 valence electrons. The molecule has 4 aromatic rings. The van der Waals surface area contributed by atoms with Crippen LogP contribution in [0.25, 0.3) is 22.1 Å². The van der Waals surface area contributed by atoms with Gasteiger partial charge in [-0.1, -0.05) is 19.3 Å². The van der Waals surface area contributed by atoms with E-state index in [-0.39, 0.29) is 11.8 Å². The van der Waals surface area contributed by atoms with Crippen molar-refractivity contribution < 1.29 is 5.11 Å². The minimum Gasteiger partial charge on any atom is -0.393 e. The number of pyridine rings is 1. The lowest BCUT2D eigenvalue weighted by molar-refractivity contribution is 0.130. The number of aromatic nitrogens is 5. The number of aromatic amines is 1. The third-order valence-corrected chi connectivity index (χ3v) is 5.79. The largest absolute Gasteiger partial charge is 0.393 e. The molecular formula is C23H28N6O2. The van der Waals surface area contributed by atoms with Crippen LogP contribution in [-0.4, -0.2) is 35.7 Å². The minimum atomic E-state index is -0.208. The van der Waals surface area contributed by atoms with Gasteiger partial charge < -0.3 is 10.4 Å². The Morgan fingerprint density at radius 1 is 1.13 bits per heavy atom. The maximum absolute atomic E-state index is 11.7. The topological polar surface area (TPSA) is 109 Å². The van der Waals surface area contributed by atoms with Crippen LogP contribution in [0.5, 0.6) is 0 Å². The first-order chi connectivity index (χ1) is 14.9. The molecule has 0 saturated heterocycles. The van der Waals surface area contributed by atoms with Crippen LogP contribution >= 0.6 is 0 Å². The second kappa shape index (κ2) is 8.85. The SMILES string of the molecule is Cc1cc2nccc(C)c2cc1Nc1ncc2c(n1)[nH]c(=O)n2C.OC1CCCCC1. The van der Waals surface area contributed by atoms with Crippen molar-refractivity contribution in [2.24, 2.45) is 7.05 Å². The Balaban J connectivity index is 0.000000282. The summed E-state index contributed by atoms with van der Waals surface area (Å²) in [6.45, 7) is 4.06. The average Bonchev–Trinajstić information content (AvgIpc) is 3.03. The molecule has 1 fully saturated rings. The Hall–Kier alpha value is -3.26. The molecule has 5 rings (SSSR count). The van der Waals surface area contributed by atoms with Crippen molar-refractivity contribution in [2.75, 3.05) is 5.32 Å². The number of aliphatic hydroxyl groups is 1. The maximum atomic E-state index is 11.7. The fraction of sp³-hybridized carbons (Fsp3) is 0.391. The van der Waals surface area contributed by atoms with E-state index >= 15 is 0 Å². The maximum Gasteiger partial charge on any atom is 0.327 e. The van der Waals surface area contributed by atoms with E-state index in [0.717, 1.165) is 40.6 Å². The standard InChI is InChI=1S/C17H16N6O.C6H12O/c1-9-4-5-18-13-6-10(2)12(7-11(9)13)20-16-19-8-14-15(21-16)22-17(24)23(14)3;7-6-4-2-1-3-5-6/h4-8H,1-3H3,(H2,19,20,21,22,24);6-7H,1-5H2. The van der Waals surface area contributed by atoms with Crippen LogP contribution in [-0.2, 0) is 7.05 Å². The molecule has 3 aromatic heterocycles. The van der Waals surface area contributed by atoms with Gasteiger partial charge in [0.25, 0.3) is 0 Å². The van der Waals surface area contributed by atoms with Crippen molar-refractivity contribution in [3.05, 3.63) is 52.2 Å². The Kier molecular flexibility index (Phi) is 5.99. The van der Waals surface area contributed by atoms with Gasteiger partial charge in [0.15, 0.2) is 5.65 Å². The lowest BCUT2D eigenvalue weighted by Gasteiger charge is -2.14. The van der Waals surface area contributed by atoms with Crippen LogP contribution in [0.2, 0.25) is 0 Å². The molecule has 0 bridgehead atoms. The zero-order valence-electron chi connectivity index (χ0n) is 18.1. The number of aryl methyl sites for hydroxylation is 3. The predicted octanol–water partition coefficient (Wildman–Crippen LogP) is 3.88. The molecular weight excluding hydrogens is 392 g/mol. The Bertz CT molecular complexity index is 1270. The van der Waals surface area contributed by atoms with Crippen LogP contribution in [0.4, 0.5) is 11.6 Å². The van der Waals surface area contributed by atoms with E-state index in [1.54, 1.807) is 13.2 Å². The summed E-state index contributed by atoms with van der Waals surface area (Å²) in [5.74, 6) is 0.438. The first-order valence-electron chi connectivity index (χ1n) is 10.6. The van der Waals surface area contributed by atoms with Gasteiger partial charge in [-0.3, -0.25) is 14.5 Å². The molecule has 1 aromatic carbocycles. The molecule has 0 spiro atoms. The van der Waals surface area contributed by atoms with Gasteiger partial charge >= 0.3 is 5.69 Å². The Labute approximate surface area is 180 Å². The minimum absolute atomic E-state index is 0.0359. The van der Waals surface area contributed by atoms with Gasteiger partial charge in [-0.25, -0.2) is 9.78 Å². The average molecular weight is 421 g/mol. The summed E-state index contributed by atoms with van der Waals surface area (Å²) in [5.41, 5.74) is 5.05.